The second-order valence-corrected chi connectivity index (χ2v) is 5.11. The van der Waals surface area contributed by atoms with Crippen LogP contribution in [0.3, 0.4) is 0 Å². The van der Waals surface area contributed by atoms with E-state index in [9.17, 15) is 4.79 Å². The number of carbonyl (C=O) groups excluding carboxylic acids is 1. The summed E-state index contributed by atoms with van der Waals surface area (Å²) in [5.74, 6) is 0.0463. The minimum Gasteiger partial charge on any atom is -0.309 e. The molecule has 1 aromatic rings. The molecule has 17 heavy (non-hydrogen) atoms. The van der Waals surface area contributed by atoms with Gasteiger partial charge in [-0.3, -0.25) is 4.79 Å². The second kappa shape index (κ2) is 6.60. The molecule has 0 aliphatic heterocycles. The summed E-state index contributed by atoms with van der Waals surface area (Å²) in [6, 6.07) is 7.82. The lowest BCUT2D eigenvalue weighted by atomic mass is 10.2. The van der Waals surface area contributed by atoms with Gasteiger partial charge in [0.05, 0.1) is 0 Å². The monoisotopic (exact) mass is 295 g/mol. The van der Waals surface area contributed by atoms with Crippen LogP contribution in [0.4, 0.5) is 5.69 Å². The standard InChI is InChI=1S/C14H18BrNO/c1-4-8-16(14(17)9-11(2)3)13-7-5-6-12(15)10-13/h5-7,9-10H,4,8H2,1-3H3. The molecule has 1 amide bonds. The minimum atomic E-state index is 0.0463. The van der Waals surface area contributed by atoms with Gasteiger partial charge in [0.25, 0.3) is 5.91 Å². The smallest absolute Gasteiger partial charge is 0.250 e. The molecule has 0 aromatic heterocycles. The van der Waals surface area contributed by atoms with E-state index in [0.29, 0.717) is 0 Å². The molecule has 0 bridgehead atoms. The van der Waals surface area contributed by atoms with Gasteiger partial charge in [-0.05, 0) is 38.5 Å². The average Bonchev–Trinajstić information content (AvgIpc) is 2.24. The van der Waals surface area contributed by atoms with Crippen molar-refractivity contribution in [2.45, 2.75) is 27.2 Å². The fourth-order valence-corrected chi connectivity index (χ4v) is 1.95. The number of hydrogen-bond donors (Lipinski definition) is 0. The van der Waals surface area contributed by atoms with Gasteiger partial charge in [0.1, 0.15) is 0 Å². The number of hydrogen-bond acceptors (Lipinski definition) is 1. The largest absolute Gasteiger partial charge is 0.309 e. The molecule has 0 radical (unpaired) electrons. The molecule has 0 aliphatic rings. The summed E-state index contributed by atoms with van der Waals surface area (Å²) >= 11 is 3.43. The Morgan fingerprint density at radius 3 is 2.65 bits per heavy atom. The van der Waals surface area contributed by atoms with Gasteiger partial charge in [-0.25, -0.2) is 0 Å². The molecule has 0 heterocycles. The van der Waals surface area contributed by atoms with Crippen LogP contribution in [0.2, 0.25) is 0 Å². The van der Waals surface area contributed by atoms with Crippen molar-refractivity contribution in [3.05, 3.63) is 40.4 Å². The molecular weight excluding hydrogens is 278 g/mol. The van der Waals surface area contributed by atoms with Crippen LogP contribution in [0.5, 0.6) is 0 Å². The van der Waals surface area contributed by atoms with Crippen LogP contribution in [0.25, 0.3) is 0 Å². The maximum atomic E-state index is 12.1. The molecule has 0 unspecified atom stereocenters. The number of allylic oxidation sites excluding steroid dienone is 1. The van der Waals surface area contributed by atoms with Crippen LogP contribution in [-0.2, 0) is 4.79 Å². The number of nitrogens with zero attached hydrogens (tertiary/aromatic N) is 1. The number of rotatable bonds is 4. The highest BCUT2D eigenvalue weighted by molar-refractivity contribution is 9.10. The zero-order valence-corrected chi connectivity index (χ0v) is 12.1. The Labute approximate surface area is 111 Å². The highest BCUT2D eigenvalue weighted by Gasteiger charge is 2.12. The van der Waals surface area contributed by atoms with Gasteiger partial charge in [0, 0.05) is 22.8 Å². The molecular formula is C14H18BrNO. The van der Waals surface area contributed by atoms with Crippen molar-refractivity contribution in [3.8, 4) is 0 Å². The fourth-order valence-electron chi connectivity index (χ4n) is 1.56. The van der Waals surface area contributed by atoms with E-state index in [4.69, 9.17) is 0 Å². The van der Waals surface area contributed by atoms with Crippen molar-refractivity contribution in [2.75, 3.05) is 11.4 Å². The third-order valence-corrected chi connectivity index (χ3v) is 2.74. The average molecular weight is 296 g/mol. The van der Waals surface area contributed by atoms with Crippen molar-refractivity contribution >= 4 is 27.5 Å². The highest BCUT2D eigenvalue weighted by atomic mass is 79.9. The number of benzene rings is 1. The molecule has 92 valence electrons. The van der Waals surface area contributed by atoms with Gasteiger partial charge >= 0.3 is 0 Å². The van der Waals surface area contributed by atoms with Gasteiger partial charge in [-0.2, -0.15) is 0 Å². The van der Waals surface area contributed by atoms with E-state index in [2.05, 4.69) is 22.9 Å². The van der Waals surface area contributed by atoms with Crippen LogP contribution < -0.4 is 4.90 Å². The van der Waals surface area contributed by atoms with Gasteiger partial charge in [0.15, 0.2) is 0 Å². The molecule has 1 rings (SSSR count). The van der Waals surface area contributed by atoms with Crippen molar-refractivity contribution in [2.24, 2.45) is 0 Å². The summed E-state index contributed by atoms with van der Waals surface area (Å²) in [7, 11) is 0. The lowest BCUT2D eigenvalue weighted by Gasteiger charge is -2.21. The first-order valence-corrected chi connectivity index (χ1v) is 6.56. The summed E-state index contributed by atoms with van der Waals surface area (Å²) in [4.78, 5) is 13.9. The fraction of sp³-hybridized carbons (Fsp3) is 0.357. The highest BCUT2D eigenvalue weighted by Crippen LogP contribution is 2.20. The Bertz CT molecular complexity index is 422. The predicted molar refractivity (Wildman–Crippen MR) is 76.2 cm³/mol. The van der Waals surface area contributed by atoms with Crippen LogP contribution in [0, 0.1) is 0 Å². The van der Waals surface area contributed by atoms with E-state index < -0.39 is 0 Å². The summed E-state index contributed by atoms with van der Waals surface area (Å²) < 4.78 is 0.987. The minimum absolute atomic E-state index is 0.0463. The first kappa shape index (κ1) is 14.0. The Hall–Kier alpha value is -1.09. The molecule has 3 heteroatoms. The quantitative estimate of drug-likeness (QED) is 0.764. The maximum absolute atomic E-state index is 12.1. The Balaban J connectivity index is 3.00. The normalized spacial score (nSPS) is 9.88. The van der Waals surface area contributed by atoms with E-state index in [1.165, 1.54) is 0 Å². The lowest BCUT2D eigenvalue weighted by Crippen LogP contribution is -2.30. The van der Waals surface area contributed by atoms with Crippen LogP contribution >= 0.6 is 15.9 Å². The summed E-state index contributed by atoms with van der Waals surface area (Å²) in [5.41, 5.74) is 1.95. The second-order valence-electron chi connectivity index (χ2n) is 4.19. The first-order valence-electron chi connectivity index (χ1n) is 5.76. The van der Waals surface area contributed by atoms with Gasteiger partial charge < -0.3 is 4.90 Å². The molecule has 0 N–H and O–H groups in total. The van der Waals surface area contributed by atoms with Gasteiger partial charge in [-0.1, -0.05) is 34.5 Å². The summed E-state index contributed by atoms with van der Waals surface area (Å²) in [6.07, 6.45) is 2.62. The predicted octanol–water partition coefficient (Wildman–Crippen LogP) is 4.16. The van der Waals surface area contributed by atoms with Crippen molar-refractivity contribution < 1.29 is 4.79 Å². The number of carbonyl (C=O) groups is 1. The van der Waals surface area contributed by atoms with Gasteiger partial charge in [0.2, 0.25) is 0 Å². The lowest BCUT2D eigenvalue weighted by molar-refractivity contribution is -0.114. The molecule has 0 aliphatic carbocycles. The zero-order chi connectivity index (χ0) is 12.8. The van der Waals surface area contributed by atoms with Crippen molar-refractivity contribution in [1.29, 1.82) is 0 Å². The van der Waals surface area contributed by atoms with Crippen molar-refractivity contribution in [3.63, 3.8) is 0 Å². The maximum Gasteiger partial charge on any atom is 0.250 e. The molecule has 0 fully saturated rings. The number of anilines is 1. The SMILES string of the molecule is CCCN(C(=O)C=C(C)C)c1cccc(Br)c1. The van der Waals surface area contributed by atoms with E-state index in [0.717, 1.165) is 28.7 Å². The number of amides is 1. The van der Waals surface area contributed by atoms with Gasteiger partial charge in [-0.15, -0.1) is 0 Å². The summed E-state index contributed by atoms with van der Waals surface area (Å²) in [6.45, 7) is 6.67. The Morgan fingerprint density at radius 1 is 1.41 bits per heavy atom. The Morgan fingerprint density at radius 2 is 2.12 bits per heavy atom. The summed E-state index contributed by atoms with van der Waals surface area (Å²) in [5, 5.41) is 0. The third kappa shape index (κ3) is 4.35. The van der Waals surface area contributed by atoms with Crippen LogP contribution in [0.1, 0.15) is 27.2 Å². The topological polar surface area (TPSA) is 20.3 Å². The number of halogens is 1. The van der Waals surface area contributed by atoms with Crippen LogP contribution in [0.15, 0.2) is 40.4 Å². The first-order chi connectivity index (χ1) is 8.04. The van der Waals surface area contributed by atoms with Crippen molar-refractivity contribution in [1.82, 2.24) is 0 Å². The molecule has 0 saturated heterocycles. The van der Waals surface area contributed by atoms with E-state index >= 15 is 0 Å². The molecule has 0 saturated carbocycles. The van der Waals surface area contributed by atoms with Crippen LogP contribution in [-0.4, -0.2) is 12.5 Å². The zero-order valence-electron chi connectivity index (χ0n) is 10.5. The van der Waals surface area contributed by atoms with E-state index in [1.807, 2.05) is 38.1 Å². The molecule has 1 aromatic carbocycles. The molecule has 2 nitrogen and oxygen atoms in total. The third-order valence-electron chi connectivity index (χ3n) is 2.25. The molecule has 0 atom stereocenters. The Kier molecular flexibility index (Phi) is 5.42. The van der Waals surface area contributed by atoms with E-state index in [1.54, 1.807) is 11.0 Å². The molecule has 0 spiro atoms. The van der Waals surface area contributed by atoms with E-state index in [-0.39, 0.29) is 5.91 Å².